The van der Waals surface area contributed by atoms with Gasteiger partial charge in [-0.25, -0.2) is 0 Å². The van der Waals surface area contributed by atoms with E-state index in [4.69, 9.17) is 0 Å². The van der Waals surface area contributed by atoms with E-state index in [0.717, 1.165) is 6.54 Å². The molecule has 0 fully saturated rings. The molecule has 1 aromatic heterocycles. The van der Waals surface area contributed by atoms with Crippen LogP contribution in [0.15, 0.2) is 18.3 Å². The number of unbranched alkanes of at least 4 members (excludes halogenated alkanes) is 5. The molecule has 2 rings (SSSR count). The summed E-state index contributed by atoms with van der Waals surface area (Å²) in [4.78, 5) is 4.58. The molecule has 2 nitrogen and oxygen atoms in total. The van der Waals surface area contributed by atoms with E-state index < -0.39 is 0 Å². The summed E-state index contributed by atoms with van der Waals surface area (Å²) in [6.45, 7) is 3.42. The van der Waals surface area contributed by atoms with E-state index in [2.05, 4.69) is 29.4 Å². The largest absolute Gasteiger partial charge is 0.309 e. The second kappa shape index (κ2) is 8.31. The number of aryl methyl sites for hydroxylation is 1. The molecule has 2 heteroatoms. The van der Waals surface area contributed by atoms with Crippen LogP contribution in [0.3, 0.4) is 0 Å². The molecule has 1 aromatic rings. The molecule has 1 atom stereocenters. The lowest BCUT2D eigenvalue weighted by molar-refractivity contribution is 0.438. The molecule has 0 saturated carbocycles. The Morgan fingerprint density at radius 2 is 2.05 bits per heavy atom. The third kappa shape index (κ3) is 4.61. The minimum atomic E-state index is 0.501. The van der Waals surface area contributed by atoms with Gasteiger partial charge in [-0.2, -0.15) is 0 Å². The monoisotopic (exact) mass is 260 g/mol. The molecular formula is C17H28N2. The smallest absolute Gasteiger partial charge is 0.0605 e. The second-order valence-electron chi connectivity index (χ2n) is 5.71. The Bertz CT molecular complexity index is 362. The van der Waals surface area contributed by atoms with Crippen molar-refractivity contribution in [2.24, 2.45) is 0 Å². The Balaban J connectivity index is 1.67. The number of nitrogens with one attached hydrogen (secondary N) is 1. The number of pyridine rings is 1. The van der Waals surface area contributed by atoms with Gasteiger partial charge in [-0.3, -0.25) is 4.98 Å². The molecule has 0 saturated heterocycles. The maximum atomic E-state index is 4.58. The second-order valence-corrected chi connectivity index (χ2v) is 5.71. The molecule has 0 aromatic carbocycles. The van der Waals surface area contributed by atoms with E-state index in [9.17, 15) is 0 Å². The lowest BCUT2D eigenvalue weighted by Crippen LogP contribution is -2.27. The third-order valence-electron chi connectivity index (χ3n) is 4.12. The molecule has 1 N–H and O–H groups in total. The highest BCUT2D eigenvalue weighted by Crippen LogP contribution is 2.27. The van der Waals surface area contributed by atoms with Gasteiger partial charge in [0.05, 0.1) is 5.69 Å². The average Bonchev–Trinajstić information content (AvgIpc) is 2.46. The first-order chi connectivity index (χ1) is 9.42. The van der Waals surface area contributed by atoms with Crippen LogP contribution in [-0.2, 0) is 6.42 Å². The van der Waals surface area contributed by atoms with Crippen molar-refractivity contribution in [3.05, 3.63) is 29.6 Å². The van der Waals surface area contributed by atoms with Crippen molar-refractivity contribution >= 4 is 0 Å². The first-order valence-corrected chi connectivity index (χ1v) is 8.09. The van der Waals surface area contributed by atoms with Crippen LogP contribution in [0.2, 0.25) is 0 Å². The van der Waals surface area contributed by atoms with Crippen molar-refractivity contribution in [1.29, 1.82) is 0 Å². The lowest BCUT2D eigenvalue weighted by atomic mass is 9.92. The predicted octanol–water partition coefficient (Wildman–Crippen LogP) is 4.41. The summed E-state index contributed by atoms with van der Waals surface area (Å²) >= 11 is 0. The molecule has 1 aliphatic carbocycles. The van der Waals surface area contributed by atoms with Crippen LogP contribution in [0, 0.1) is 0 Å². The van der Waals surface area contributed by atoms with Gasteiger partial charge in [0.25, 0.3) is 0 Å². The molecule has 106 valence electrons. The summed E-state index contributed by atoms with van der Waals surface area (Å²) in [6, 6.07) is 4.80. The van der Waals surface area contributed by atoms with Crippen LogP contribution in [0.1, 0.15) is 75.6 Å². The molecular weight excluding hydrogens is 232 g/mol. The zero-order valence-electron chi connectivity index (χ0n) is 12.3. The summed E-state index contributed by atoms with van der Waals surface area (Å²) in [5.74, 6) is 0. The van der Waals surface area contributed by atoms with Crippen LogP contribution < -0.4 is 5.32 Å². The highest BCUT2D eigenvalue weighted by molar-refractivity contribution is 5.25. The Morgan fingerprint density at radius 3 is 2.95 bits per heavy atom. The number of hydrogen-bond donors (Lipinski definition) is 1. The lowest BCUT2D eigenvalue weighted by Gasteiger charge is -2.25. The van der Waals surface area contributed by atoms with Crippen molar-refractivity contribution in [3.8, 4) is 0 Å². The van der Waals surface area contributed by atoms with Crippen molar-refractivity contribution in [2.45, 2.75) is 70.8 Å². The fraction of sp³-hybridized carbons (Fsp3) is 0.706. The zero-order valence-corrected chi connectivity index (χ0v) is 12.3. The number of aromatic nitrogens is 1. The topological polar surface area (TPSA) is 24.9 Å². The quantitative estimate of drug-likeness (QED) is 0.700. The molecule has 1 aliphatic rings. The maximum absolute atomic E-state index is 4.58. The van der Waals surface area contributed by atoms with Gasteiger partial charge < -0.3 is 5.32 Å². The van der Waals surface area contributed by atoms with Gasteiger partial charge in [0.1, 0.15) is 0 Å². The van der Waals surface area contributed by atoms with E-state index in [1.54, 1.807) is 0 Å². The minimum absolute atomic E-state index is 0.501. The molecule has 1 heterocycles. The van der Waals surface area contributed by atoms with Crippen LogP contribution in [0.5, 0.6) is 0 Å². The van der Waals surface area contributed by atoms with Gasteiger partial charge in [0.15, 0.2) is 0 Å². The molecule has 0 spiro atoms. The summed E-state index contributed by atoms with van der Waals surface area (Å²) in [5, 5.41) is 3.71. The average molecular weight is 260 g/mol. The van der Waals surface area contributed by atoms with Crippen LogP contribution in [0.4, 0.5) is 0 Å². The highest BCUT2D eigenvalue weighted by Gasteiger charge is 2.19. The van der Waals surface area contributed by atoms with Crippen LogP contribution >= 0.6 is 0 Å². The van der Waals surface area contributed by atoms with E-state index >= 15 is 0 Å². The van der Waals surface area contributed by atoms with Gasteiger partial charge in [0, 0.05) is 12.2 Å². The van der Waals surface area contributed by atoms with E-state index in [1.807, 2.05) is 6.20 Å². The summed E-state index contributed by atoms with van der Waals surface area (Å²) < 4.78 is 0. The zero-order chi connectivity index (χ0) is 13.3. The molecule has 0 amide bonds. The van der Waals surface area contributed by atoms with Gasteiger partial charge in [0.2, 0.25) is 0 Å². The van der Waals surface area contributed by atoms with Gasteiger partial charge in [-0.1, -0.05) is 45.1 Å². The number of rotatable bonds is 8. The summed E-state index contributed by atoms with van der Waals surface area (Å²) in [5.41, 5.74) is 2.76. The first-order valence-electron chi connectivity index (χ1n) is 8.09. The number of fused-ring (bicyclic) bond motifs is 1. The fourth-order valence-electron chi connectivity index (χ4n) is 2.99. The van der Waals surface area contributed by atoms with Gasteiger partial charge in [-0.05, 0) is 43.9 Å². The molecule has 0 aliphatic heterocycles. The molecule has 0 bridgehead atoms. The van der Waals surface area contributed by atoms with Crippen molar-refractivity contribution in [1.82, 2.24) is 10.3 Å². The van der Waals surface area contributed by atoms with Gasteiger partial charge in [-0.15, -0.1) is 0 Å². The standard InChI is InChI=1S/C17H28N2/c1-2-3-4-5-6-7-13-18-16-12-8-10-15-11-9-14-19-17(15)16/h9,11,14,16,18H,2-8,10,12-13H2,1H3. The normalized spacial score (nSPS) is 18.3. The van der Waals surface area contributed by atoms with Crippen molar-refractivity contribution in [2.75, 3.05) is 6.54 Å². The summed E-state index contributed by atoms with van der Waals surface area (Å²) in [7, 11) is 0. The molecule has 19 heavy (non-hydrogen) atoms. The number of hydrogen-bond acceptors (Lipinski definition) is 2. The molecule has 1 unspecified atom stereocenters. The Morgan fingerprint density at radius 1 is 1.21 bits per heavy atom. The number of nitrogens with zero attached hydrogens (tertiary/aromatic N) is 1. The maximum Gasteiger partial charge on any atom is 0.0605 e. The minimum Gasteiger partial charge on any atom is -0.309 e. The Kier molecular flexibility index (Phi) is 6.35. The van der Waals surface area contributed by atoms with Crippen molar-refractivity contribution in [3.63, 3.8) is 0 Å². The van der Waals surface area contributed by atoms with E-state index in [1.165, 1.54) is 69.0 Å². The van der Waals surface area contributed by atoms with Gasteiger partial charge >= 0.3 is 0 Å². The third-order valence-corrected chi connectivity index (χ3v) is 4.12. The Hall–Kier alpha value is -0.890. The Labute approximate surface area is 118 Å². The van der Waals surface area contributed by atoms with Crippen LogP contribution in [0.25, 0.3) is 0 Å². The van der Waals surface area contributed by atoms with Crippen molar-refractivity contribution < 1.29 is 0 Å². The molecule has 0 radical (unpaired) electrons. The fourth-order valence-corrected chi connectivity index (χ4v) is 2.99. The predicted molar refractivity (Wildman–Crippen MR) is 81.3 cm³/mol. The summed E-state index contributed by atoms with van der Waals surface area (Å²) in [6.07, 6.45) is 13.9. The van der Waals surface area contributed by atoms with E-state index in [0.29, 0.717) is 6.04 Å². The van der Waals surface area contributed by atoms with E-state index in [-0.39, 0.29) is 0 Å². The highest BCUT2D eigenvalue weighted by atomic mass is 14.9. The van der Waals surface area contributed by atoms with Crippen LogP contribution in [-0.4, -0.2) is 11.5 Å². The first kappa shape index (κ1) is 14.5. The SMILES string of the molecule is CCCCCCCCNC1CCCc2cccnc21.